The molecule has 0 aliphatic heterocycles. The van der Waals surface area contributed by atoms with E-state index in [9.17, 15) is 9.59 Å². The zero-order valence-electron chi connectivity index (χ0n) is 11.4. The normalized spacial score (nSPS) is 18.3. The van der Waals surface area contributed by atoms with E-state index in [0.717, 1.165) is 0 Å². The maximum atomic E-state index is 12.3. The summed E-state index contributed by atoms with van der Waals surface area (Å²) in [5.74, 6) is 0.144. The van der Waals surface area contributed by atoms with Gasteiger partial charge in [-0.05, 0) is 37.5 Å². The Kier molecular flexibility index (Phi) is 3.19. The highest BCUT2D eigenvalue weighted by Crippen LogP contribution is 2.46. The zero-order chi connectivity index (χ0) is 14.3. The van der Waals surface area contributed by atoms with E-state index in [0.29, 0.717) is 17.9 Å². The van der Waals surface area contributed by atoms with Crippen LogP contribution in [0.15, 0.2) is 6.20 Å². The Bertz CT molecular complexity index is 521. The van der Waals surface area contributed by atoms with Gasteiger partial charge in [-0.15, -0.1) is 5.10 Å². The van der Waals surface area contributed by atoms with Crippen molar-refractivity contribution in [3.8, 4) is 0 Å². The molecule has 0 saturated heterocycles. The fourth-order valence-corrected chi connectivity index (χ4v) is 2.78. The van der Waals surface area contributed by atoms with E-state index in [2.05, 4.69) is 10.3 Å². The van der Waals surface area contributed by atoms with Gasteiger partial charge in [-0.2, -0.15) is 0 Å². The molecule has 0 radical (unpaired) electrons. The highest BCUT2D eigenvalue weighted by atomic mass is 16.4. The second kappa shape index (κ2) is 4.88. The van der Waals surface area contributed by atoms with Crippen molar-refractivity contribution in [2.24, 2.45) is 11.8 Å². The molecule has 7 nitrogen and oxygen atoms in total. The van der Waals surface area contributed by atoms with E-state index >= 15 is 0 Å². The summed E-state index contributed by atoms with van der Waals surface area (Å²) in [6.45, 7) is 0.0483. The molecule has 2 aliphatic carbocycles. The third-order valence-electron chi connectivity index (χ3n) is 4.11. The largest absolute Gasteiger partial charge is 0.476 e. The maximum Gasteiger partial charge on any atom is 0.358 e. The van der Waals surface area contributed by atoms with E-state index in [1.54, 1.807) is 0 Å². The summed E-state index contributed by atoms with van der Waals surface area (Å²) in [5, 5.41) is 16.0. The lowest BCUT2D eigenvalue weighted by Crippen LogP contribution is -2.41. The Morgan fingerprint density at radius 3 is 2.45 bits per heavy atom. The number of aromatic nitrogens is 3. The number of hydrogen-bond acceptors (Lipinski definition) is 4. The van der Waals surface area contributed by atoms with Gasteiger partial charge in [-0.3, -0.25) is 4.79 Å². The van der Waals surface area contributed by atoms with Crippen LogP contribution in [0.1, 0.15) is 36.2 Å². The molecule has 1 heterocycles. The highest BCUT2D eigenvalue weighted by Gasteiger charge is 2.44. The molecule has 0 aromatic carbocycles. The lowest BCUT2D eigenvalue weighted by atomic mass is 10.1. The number of nitrogens with zero attached hydrogens (tertiary/aromatic N) is 4. The Morgan fingerprint density at radius 1 is 1.40 bits per heavy atom. The van der Waals surface area contributed by atoms with Crippen LogP contribution in [0.25, 0.3) is 0 Å². The monoisotopic (exact) mass is 278 g/mol. The second-order valence-corrected chi connectivity index (χ2v) is 5.78. The summed E-state index contributed by atoms with van der Waals surface area (Å²) in [6, 6.07) is 0.352. The smallest absolute Gasteiger partial charge is 0.358 e. The number of carboxylic acids is 1. The first-order valence-electron chi connectivity index (χ1n) is 6.95. The van der Waals surface area contributed by atoms with Crippen LogP contribution in [0, 0.1) is 11.8 Å². The minimum absolute atomic E-state index is 0.0318. The number of carboxylic acid groups (broad SMARTS) is 1. The molecule has 3 rings (SSSR count). The van der Waals surface area contributed by atoms with Crippen LogP contribution in [0.3, 0.4) is 0 Å². The van der Waals surface area contributed by atoms with Crippen molar-refractivity contribution < 1.29 is 14.7 Å². The molecule has 2 saturated carbocycles. The van der Waals surface area contributed by atoms with Crippen LogP contribution in [0.4, 0.5) is 0 Å². The van der Waals surface area contributed by atoms with Gasteiger partial charge < -0.3 is 10.0 Å². The van der Waals surface area contributed by atoms with Crippen LogP contribution in [-0.2, 0) is 11.3 Å². The van der Waals surface area contributed by atoms with Gasteiger partial charge >= 0.3 is 5.97 Å². The van der Waals surface area contributed by atoms with Gasteiger partial charge in [0.1, 0.15) is 6.54 Å². The molecule has 0 bridgehead atoms. The van der Waals surface area contributed by atoms with Gasteiger partial charge in [-0.1, -0.05) is 5.21 Å². The molecule has 1 N–H and O–H groups in total. The molecule has 108 valence electrons. The van der Waals surface area contributed by atoms with Crippen LogP contribution < -0.4 is 0 Å². The minimum Gasteiger partial charge on any atom is -0.476 e. The average Bonchev–Trinajstić information content (AvgIpc) is 3.32. The number of carbonyl (C=O) groups is 2. The molecule has 1 aromatic rings. The summed E-state index contributed by atoms with van der Waals surface area (Å²) >= 11 is 0. The first-order valence-corrected chi connectivity index (χ1v) is 6.95. The number of rotatable bonds is 6. The Labute approximate surface area is 116 Å². The van der Waals surface area contributed by atoms with Gasteiger partial charge in [0.15, 0.2) is 5.69 Å². The first-order chi connectivity index (χ1) is 9.56. The summed E-state index contributed by atoms with van der Waals surface area (Å²) < 4.78 is 1.29. The van der Waals surface area contributed by atoms with Gasteiger partial charge in [0.2, 0.25) is 5.91 Å². The lowest BCUT2D eigenvalue weighted by Gasteiger charge is -2.28. The Hall–Kier alpha value is -1.92. The van der Waals surface area contributed by atoms with Crippen LogP contribution in [-0.4, -0.2) is 50.0 Å². The SMILES string of the molecule is CN(C(=O)Cn1cc(C(=O)O)nn1)C(C1CC1)C1CC1. The Morgan fingerprint density at radius 2 is 2.00 bits per heavy atom. The van der Waals surface area contributed by atoms with Crippen LogP contribution >= 0.6 is 0 Å². The third kappa shape index (κ3) is 2.66. The number of amides is 1. The van der Waals surface area contributed by atoms with Crippen molar-refractivity contribution in [1.29, 1.82) is 0 Å². The molecule has 7 heteroatoms. The predicted molar refractivity (Wildman–Crippen MR) is 69.0 cm³/mol. The van der Waals surface area contributed by atoms with Crippen LogP contribution in [0.2, 0.25) is 0 Å². The van der Waals surface area contributed by atoms with Crippen molar-refractivity contribution >= 4 is 11.9 Å². The molecule has 2 aliphatic rings. The molecule has 20 heavy (non-hydrogen) atoms. The van der Waals surface area contributed by atoms with Gasteiger partial charge in [0.05, 0.1) is 6.20 Å². The van der Waals surface area contributed by atoms with Gasteiger partial charge in [0.25, 0.3) is 0 Å². The van der Waals surface area contributed by atoms with E-state index < -0.39 is 5.97 Å². The van der Waals surface area contributed by atoms with Crippen molar-refractivity contribution in [3.05, 3.63) is 11.9 Å². The minimum atomic E-state index is -1.13. The number of carbonyl (C=O) groups excluding carboxylic acids is 1. The predicted octanol–water partition coefficient (Wildman–Crippen LogP) is 0.623. The van der Waals surface area contributed by atoms with E-state index in [4.69, 9.17) is 5.11 Å². The Balaban J connectivity index is 1.63. The average molecular weight is 278 g/mol. The molecule has 1 amide bonds. The molecule has 1 aromatic heterocycles. The van der Waals surface area contributed by atoms with Gasteiger partial charge in [0, 0.05) is 13.1 Å². The molecule has 0 atom stereocenters. The fraction of sp³-hybridized carbons (Fsp3) is 0.692. The summed E-state index contributed by atoms with van der Waals surface area (Å²) in [6.07, 6.45) is 6.14. The van der Waals surface area contributed by atoms with Crippen molar-refractivity contribution in [2.45, 2.75) is 38.3 Å². The summed E-state index contributed by atoms with van der Waals surface area (Å²) in [7, 11) is 1.85. The topological polar surface area (TPSA) is 88.3 Å². The van der Waals surface area contributed by atoms with E-state index in [1.807, 2.05) is 11.9 Å². The summed E-state index contributed by atoms with van der Waals surface area (Å²) in [5.41, 5.74) is -0.138. The number of likely N-dealkylation sites (N-methyl/N-ethyl adjacent to an activating group) is 1. The van der Waals surface area contributed by atoms with E-state index in [-0.39, 0.29) is 18.1 Å². The third-order valence-corrected chi connectivity index (χ3v) is 4.11. The van der Waals surface area contributed by atoms with Crippen molar-refractivity contribution in [3.63, 3.8) is 0 Å². The van der Waals surface area contributed by atoms with E-state index in [1.165, 1.54) is 36.6 Å². The molecule has 2 fully saturated rings. The zero-order valence-corrected chi connectivity index (χ0v) is 11.4. The lowest BCUT2D eigenvalue weighted by molar-refractivity contribution is -0.133. The maximum absolute atomic E-state index is 12.3. The van der Waals surface area contributed by atoms with Gasteiger partial charge in [-0.25, -0.2) is 9.48 Å². The quantitative estimate of drug-likeness (QED) is 0.824. The molecular weight excluding hydrogens is 260 g/mol. The first kappa shape index (κ1) is 13.1. The highest BCUT2D eigenvalue weighted by molar-refractivity contribution is 5.84. The van der Waals surface area contributed by atoms with Crippen molar-refractivity contribution in [2.75, 3.05) is 7.05 Å². The second-order valence-electron chi connectivity index (χ2n) is 5.78. The molecule has 0 spiro atoms. The molecule has 0 unspecified atom stereocenters. The van der Waals surface area contributed by atoms with Crippen molar-refractivity contribution in [1.82, 2.24) is 19.9 Å². The standard InChI is InChI=1S/C13H18N4O3/c1-16(12(8-2-3-8)9-4-5-9)11(18)7-17-6-10(13(19)20)14-15-17/h6,8-9,12H,2-5,7H2,1H3,(H,19,20). The molecular formula is C13H18N4O3. The summed E-state index contributed by atoms with van der Waals surface area (Å²) in [4.78, 5) is 24.8. The van der Waals surface area contributed by atoms with Crippen LogP contribution in [0.5, 0.6) is 0 Å². The number of hydrogen-bond donors (Lipinski definition) is 1. The number of aromatic carboxylic acids is 1. The fourth-order valence-electron chi connectivity index (χ4n) is 2.78.